The topological polar surface area (TPSA) is 64.9 Å². The van der Waals surface area contributed by atoms with Gasteiger partial charge in [0.1, 0.15) is 0 Å². The third-order valence-electron chi connectivity index (χ3n) is 1.68. The van der Waals surface area contributed by atoms with E-state index in [0.717, 1.165) is 5.69 Å². The molecule has 0 unspecified atom stereocenters. The summed E-state index contributed by atoms with van der Waals surface area (Å²) in [7, 11) is 0. The van der Waals surface area contributed by atoms with Gasteiger partial charge in [-0.25, -0.2) is 0 Å². The number of aliphatic hydroxyl groups excluding tert-OH is 2. The van der Waals surface area contributed by atoms with Gasteiger partial charge in [0.05, 0.1) is 18.9 Å². The molecule has 0 aromatic heterocycles. The van der Waals surface area contributed by atoms with E-state index < -0.39 is 0 Å². The molecule has 15 heavy (non-hydrogen) atoms. The molecule has 0 radical (unpaired) electrons. The second-order valence-electron chi connectivity index (χ2n) is 2.78. The summed E-state index contributed by atoms with van der Waals surface area (Å²) in [6, 6.07) is 8.05. The van der Waals surface area contributed by atoms with Crippen LogP contribution in [0.15, 0.2) is 35.4 Å². The Morgan fingerprint density at radius 3 is 2.60 bits per heavy atom. The van der Waals surface area contributed by atoms with Crippen LogP contribution in [-0.2, 0) is 0 Å². The van der Waals surface area contributed by atoms with Gasteiger partial charge in [-0.15, -0.1) is 0 Å². The van der Waals surface area contributed by atoms with Gasteiger partial charge in [0, 0.05) is 6.21 Å². The van der Waals surface area contributed by atoms with Crippen molar-refractivity contribution < 1.29 is 10.2 Å². The number of aliphatic hydroxyl groups is 2. The molecule has 1 aromatic rings. The lowest BCUT2D eigenvalue weighted by Gasteiger charge is -2.00. The molecule has 0 amide bonds. The van der Waals surface area contributed by atoms with Gasteiger partial charge in [-0.05, 0) is 17.7 Å². The van der Waals surface area contributed by atoms with Crippen molar-refractivity contribution in [3.05, 3.63) is 35.9 Å². The quantitative estimate of drug-likeness (QED) is 0.644. The van der Waals surface area contributed by atoms with Gasteiger partial charge in [0.15, 0.2) is 0 Å². The molecule has 3 N–H and O–H groups in total. The van der Waals surface area contributed by atoms with Crippen molar-refractivity contribution in [1.29, 1.82) is 0 Å². The minimum Gasteiger partial charge on any atom is -0.394 e. The SMILES string of the molecule is C1=Cc2ccccc2NN=C1.OCCO. The van der Waals surface area contributed by atoms with Crippen LogP contribution in [0, 0.1) is 0 Å². The number of hydrogen-bond donors (Lipinski definition) is 3. The summed E-state index contributed by atoms with van der Waals surface area (Å²) in [5, 5.41) is 19.2. The lowest BCUT2D eigenvalue weighted by Crippen LogP contribution is -1.87. The number of benzene rings is 1. The second kappa shape index (κ2) is 6.75. The van der Waals surface area contributed by atoms with Crippen LogP contribution < -0.4 is 5.43 Å². The molecule has 0 saturated carbocycles. The number of nitrogens with one attached hydrogen (secondary N) is 1. The molecule has 4 nitrogen and oxygen atoms in total. The summed E-state index contributed by atoms with van der Waals surface area (Å²) < 4.78 is 0. The Morgan fingerprint density at radius 2 is 1.87 bits per heavy atom. The average molecular weight is 206 g/mol. The maximum Gasteiger partial charge on any atom is 0.0662 e. The van der Waals surface area contributed by atoms with Gasteiger partial charge in [-0.2, -0.15) is 5.10 Å². The van der Waals surface area contributed by atoms with Crippen LogP contribution in [0.2, 0.25) is 0 Å². The minimum atomic E-state index is -0.125. The van der Waals surface area contributed by atoms with E-state index in [-0.39, 0.29) is 13.2 Å². The fourth-order valence-corrected chi connectivity index (χ4v) is 1.04. The van der Waals surface area contributed by atoms with Crippen molar-refractivity contribution in [1.82, 2.24) is 0 Å². The Balaban J connectivity index is 0.000000245. The van der Waals surface area contributed by atoms with Crippen LogP contribution in [0.1, 0.15) is 5.56 Å². The van der Waals surface area contributed by atoms with Crippen molar-refractivity contribution in [3.63, 3.8) is 0 Å². The number of hydrazone groups is 1. The molecule has 4 heteroatoms. The van der Waals surface area contributed by atoms with Crippen molar-refractivity contribution in [2.75, 3.05) is 18.6 Å². The van der Waals surface area contributed by atoms with Crippen molar-refractivity contribution in [2.24, 2.45) is 5.10 Å². The van der Waals surface area contributed by atoms with E-state index in [9.17, 15) is 0 Å². The first-order chi connectivity index (χ1) is 7.38. The number of rotatable bonds is 1. The first-order valence-corrected chi connectivity index (χ1v) is 4.65. The molecule has 1 heterocycles. The molecule has 1 aliphatic rings. The molecule has 1 aromatic carbocycles. The Bertz CT molecular complexity index is 346. The third kappa shape index (κ3) is 3.93. The molecule has 0 atom stereocenters. The Hall–Kier alpha value is -1.65. The molecule has 0 spiro atoms. The molecule has 0 aliphatic carbocycles. The van der Waals surface area contributed by atoms with Crippen molar-refractivity contribution >= 4 is 18.0 Å². The highest BCUT2D eigenvalue weighted by Crippen LogP contribution is 2.17. The summed E-state index contributed by atoms with van der Waals surface area (Å²) in [5.74, 6) is 0. The summed E-state index contributed by atoms with van der Waals surface area (Å²) in [4.78, 5) is 0. The van der Waals surface area contributed by atoms with Crippen LogP contribution in [0.25, 0.3) is 6.08 Å². The van der Waals surface area contributed by atoms with Gasteiger partial charge in [-0.3, -0.25) is 5.43 Å². The van der Waals surface area contributed by atoms with Crippen LogP contribution in [0.5, 0.6) is 0 Å². The fourth-order valence-electron chi connectivity index (χ4n) is 1.04. The predicted molar refractivity (Wildman–Crippen MR) is 61.8 cm³/mol. The zero-order valence-corrected chi connectivity index (χ0v) is 8.30. The summed E-state index contributed by atoms with van der Waals surface area (Å²) in [6.07, 6.45) is 5.68. The van der Waals surface area contributed by atoms with Gasteiger partial charge in [-0.1, -0.05) is 24.3 Å². The lowest BCUT2D eigenvalue weighted by molar-refractivity contribution is 0.186. The number of fused-ring (bicyclic) bond motifs is 1. The molecule has 0 saturated heterocycles. The molecule has 0 fully saturated rings. The molecule has 1 aliphatic heterocycles. The Labute approximate surface area is 88.6 Å². The minimum absolute atomic E-state index is 0.125. The molecular formula is C11H14N2O2. The molecule has 2 rings (SSSR count). The van der Waals surface area contributed by atoms with Crippen LogP contribution in [0.4, 0.5) is 5.69 Å². The van der Waals surface area contributed by atoms with E-state index in [0.29, 0.717) is 0 Å². The van der Waals surface area contributed by atoms with E-state index in [1.165, 1.54) is 5.56 Å². The van der Waals surface area contributed by atoms with Gasteiger partial charge in [0.2, 0.25) is 0 Å². The fraction of sp³-hybridized carbons (Fsp3) is 0.182. The normalized spacial score (nSPS) is 11.9. The van der Waals surface area contributed by atoms with Crippen LogP contribution in [0.3, 0.4) is 0 Å². The van der Waals surface area contributed by atoms with E-state index in [4.69, 9.17) is 10.2 Å². The predicted octanol–water partition coefficient (Wildman–Crippen LogP) is 1.08. The largest absolute Gasteiger partial charge is 0.394 e. The van der Waals surface area contributed by atoms with Crippen LogP contribution >= 0.6 is 0 Å². The van der Waals surface area contributed by atoms with E-state index >= 15 is 0 Å². The van der Waals surface area contributed by atoms with E-state index in [1.54, 1.807) is 6.21 Å². The summed E-state index contributed by atoms with van der Waals surface area (Å²) >= 11 is 0. The average Bonchev–Trinajstić information content (AvgIpc) is 2.54. The maximum atomic E-state index is 7.62. The highest BCUT2D eigenvalue weighted by atomic mass is 16.3. The third-order valence-corrected chi connectivity index (χ3v) is 1.68. The van der Waals surface area contributed by atoms with E-state index in [2.05, 4.69) is 10.5 Å². The Morgan fingerprint density at radius 1 is 1.13 bits per heavy atom. The maximum absolute atomic E-state index is 7.62. The first kappa shape index (κ1) is 11.4. The number of para-hydroxylation sites is 1. The molecule has 0 bridgehead atoms. The monoisotopic (exact) mass is 206 g/mol. The number of anilines is 1. The molecule has 80 valence electrons. The second-order valence-corrected chi connectivity index (χ2v) is 2.78. The summed E-state index contributed by atoms with van der Waals surface area (Å²) in [6.45, 7) is -0.250. The lowest BCUT2D eigenvalue weighted by atomic mass is 10.2. The van der Waals surface area contributed by atoms with Crippen molar-refractivity contribution in [3.8, 4) is 0 Å². The zero-order valence-electron chi connectivity index (χ0n) is 8.30. The first-order valence-electron chi connectivity index (χ1n) is 4.65. The van der Waals surface area contributed by atoms with Gasteiger partial charge < -0.3 is 10.2 Å². The van der Waals surface area contributed by atoms with Gasteiger partial charge in [0.25, 0.3) is 0 Å². The zero-order chi connectivity index (χ0) is 10.9. The number of hydrogen-bond acceptors (Lipinski definition) is 4. The standard InChI is InChI=1S/C9H8N2.C2H6O2/c1-2-6-9-8(4-1)5-3-7-10-11-9;3-1-2-4/h1-7,11H;3-4H,1-2H2. The van der Waals surface area contributed by atoms with Crippen LogP contribution in [-0.4, -0.2) is 29.6 Å². The Kier molecular flexibility index (Phi) is 5.14. The smallest absolute Gasteiger partial charge is 0.0662 e. The number of nitrogens with zero attached hydrogens (tertiary/aromatic N) is 1. The summed E-state index contributed by atoms with van der Waals surface area (Å²) in [5.41, 5.74) is 5.16. The highest BCUT2D eigenvalue weighted by molar-refractivity contribution is 5.83. The number of allylic oxidation sites excluding steroid dienone is 1. The highest BCUT2D eigenvalue weighted by Gasteiger charge is 1.96. The van der Waals surface area contributed by atoms with Crippen molar-refractivity contribution in [2.45, 2.75) is 0 Å². The van der Waals surface area contributed by atoms with Gasteiger partial charge >= 0.3 is 0 Å². The van der Waals surface area contributed by atoms with E-state index in [1.807, 2.05) is 36.4 Å². The molecular weight excluding hydrogens is 192 g/mol.